The fourth-order valence-corrected chi connectivity index (χ4v) is 5.16. The number of carbonyl (C=O) groups is 1. The van der Waals surface area contributed by atoms with Gasteiger partial charge >= 0.3 is 5.69 Å². The smallest absolute Gasteiger partial charge is 0.323 e. The van der Waals surface area contributed by atoms with Crippen molar-refractivity contribution in [3.05, 3.63) is 82.2 Å². The molecular formula is C24H24N4O5S. The maximum atomic E-state index is 13.2. The first-order valence-corrected chi connectivity index (χ1v) is 12.4. The third kappa shape index (κ3) is 4.24. The fraction of sp³-hybridized carbons (Fsp3) is 0.250. The number of nitrogens with one attached hydrogen (secondary N) is 3. The monoisotopic (exact) mass is 480 g/mol. The summed E-state index contributed by atoms with van der Waals surface area (Å²) in [4.78, 5) is 31.2. The number of anilines is 1. The normalized spacial score (nSPS) is 17.6. The molecule has 2 unspecified atom stereocenters. The number of furan rings is 1. The van der Waals surface area contributed by atoms with E-state index in [-0.39, 0.29) is 28.6 Å². The zero-order valence-electron chi connectivity index (χ0n) is 18.7. The number of sulfonamides is 1. The number of carbonyl (C=O) groups excluding carboxylic acids is 1. The molecule has 176 valence electrons. The third-order valence-corrected chi connectivity index (χ3v) is 7.46. The molecule has 3 N–H and O–H groups in total. The summed E-state index contributed by atoms with van der Waals surface area (Å²) in [6.45, 7) is 2.44. The van der Waals surface area contributed by atoms with Crippen LogP contribution in [0, 0.1) is 5.92 Å². The number of hydrogen-bond donors (Lipinski definition) is 3. The topological polar surface area (TPSA) is 128 Å². The molecule has 1 fully saturated rings. The Bertz CT molecular complexity index is 1550. The summed E-state index contributed by atoms with van der Waals surface area (Å²) in [5, 5.41) is 0. The average Bonchev–Trinajstić information content (AvgIpc) is 3.17. The van der Waals surface area contributed by atoms with E-state index in [4.69, 9.17) is 4.42 Å². The molecule has 1 amide bonds. The van der Waals surface area contributed by atoms with Gasteiger partial charge in [0.15, 0.2) is 0 Å². The Kier molecular flexibility index (Phi) is 5.32. The van der Waals surface area contributed by atoms with E-state index < -0.39 is 15.7 Å². The lowest BCUT2D eigenvalue weighted by atomic mass is 10.1. The molecule has 4 aromatic rings. The summed E-state index contributed by atoms with van der Waals surface area (Å²) in [7, 11) is -2.37. The van der Waals surface area contributed by atoms with Gasteiger partial charge in [-0.1, -0.05) is 19.1 Å². The van der Waals surface area contributed by atoms with Crippen molar-refractivity contribution in [2.24, 2.45) is 5.92 Å². The van der Waals surface area contributed by atoms with Crippen molar-refractivity contribution in [3.8, 4) is 0 Å². The minimum atomic E-state index is -4.02. The molecule has 10 heteroatoms. The van der Waals surface area contributed by atoms with Crippen LogP contribution in [0.15, 0.2) is 68.7 Å². The molecule has 2 atom stereocenters. The molecule has 1 aliphatic carbocycles. The number of para-hydroxylation sites is 1. The van der Waals surface area contributed by atoms with Crippen LogP contribution in [0.5, 0.6) is 0 Å². The van der Waals surface area contributed by atoms with Crippen LogP contribution in [0.25, 0.3) is 11.0 Å². The van der Waals surface area contributed by atoms with Gasteiger partial charge in [-0.05, 0) is 54.8 Å². The van der Waals surface area contributed by atoms with Crippen molar-refractivity contribution in [1.29, 1.82) is 0 Å². The quantitative estimate of drug-likeness (QED) is 0.372. The van der Waals surface area contributed by atoms with E-state index in [2.05, 4.69) is 21.6 Å². The fourth-order valence-electron chi connectivity index (χ4n) is 4.05. The van der Waals surface area contributed by atoms with Gasteiger partial charge in [0, 0.05) is 13.0 Å². The van der Waals surface area contributed by atoms with Gasteiger partial charge in [0.1, 0.15) is 11.5 Å². The standard InChI is InChI=1S/C24H24N4O5S/c1-14-11-18(14)22-10-7-15(33-22)13-28(2)23(29)17-5-3-4-6-19(17)27-34(31,32)16-8-9-20-21(12-16)26-24(30)25-20/h3-10,12,14,18,27H,11,13H2,1-2H3,(H2,25,26,30). The molecule has 0 radical (unpaired) electrons. The molecule has 5 rings (SSSR count). The van der Waals surface area contributed by atoms with Crippen LogP contribution in [0.1, 0.15) is 41.1 Å². The molecule has 1 saturated carbocycles. The highest BCUT2D eigenvalue weighted by atomic mass is 32.2. The highest BCUT2D eigenvalue weighted by Gasteiger charge is 2.36. The van der Waals surface area contributed by atoms with Gasteiger partial charge in [-0.25, -0.2) is 13.2 Å². The molecule has 2 heterocycles. The van der Waals surface area contributed by atoms with Gasteiger partial charge in [-0.2, -0.15) is 0 Å². The minimum Gasteiger partial charge on any atom is -0.464 e. The second-order valence-electron chi connectivity index (χ2n) is 8.72. The van der Waals surface area contributed by atoms with Gasteiger partial charge in [-0.3, -0.25) is 9.52 Å². The zero-order valence-corrected chi connectivity index (χ0v) is 19.5. The molecule has 0 saturated heterocycles. The summed E-state index contributed by atoms with van der Waals surface area (Å²) < 4.78 is 34.5. The maximum Gasteiger partial charge on any atom is 0.323 e. The highest BCUT2D eigenvalue weighted by Crippen LogP contribution is 2.47. The predicted molar refractivity (Wildman–Crippen MR) is 127 cm³/mol. The Hall–Kier alpha value is -3.79. The van der Waals surface area contributed by atoms with E-state index in [1.807, 2.05) is 12.1 Å². The number of hydrogen-bond acceptors (Lipinski definition) is 5. The number of benzene rings is 2. The summed E-state index contributed by atoms with van der Waals surface area (Å²) in [5.41, 5.74) is 0.821. The predicted octanol–water partition coefficient (Wildman–Crippen LogP) is 3.65. The first-order chi connectivity index (χ1) is 16.2. The Morgan fingerprint density at radius 3 is 2.62 bits per heavy atom. The molecule has 1 aliphatic rings. The SMILES string of the molecule is CC1CC1c1ccc(CN(C)C(=O)c2ccccc2NS(=O)(=O)c2ccc3[nH]c(=O)[nH]c3c2)o1. The second kappa shape index (κ2) is 8.21. The molecule has 0 aliphatic heterocycles. The van der Waals surface area contributed by atoms with E-state index in [1.165, 1.54) is 29.2 Å². The summed E-state index contributed by atoms with van der Waals surface area (Å²) in [6, 6.07) is 14.5. The van der Waals surface area contributed by atoms with Gasteiger partial charge in [-0.15, -0.1) is 0 Å². The Balaban J connectivity index is 1.36. The molecular weight excluding hydrogens is 456 g/mol. The number of aromatic nitrogens is 2. The van der Waals surface area contributed by atoms with Crippen LogP contribution >= 0.6 is 0 Å². The van der Waals surface area contributed by atoms with Gasteiger partial charge < -0.3 is 19.3 Å². The summed E-state index contributed by atoms with van der Waals surface area (Å²) >= 11 is 0. The largest absolute Gasteiger partial charge is 0.464 e. The number of H-pyrrole nitrogens is 2. The zero-order chi connectivity index (χ0) is 24.0. The lowest BCUT2D eigenvalue weighted by Crippen LogP contribution is -2.27. The molecule has 2 aromatic heterocycles. The van der Waals surface area contributed by atoms with E-state index in [0.717, 1.165) is 12.2 Å². The van der Waals surface area contributed by atoms with Gasteiger partial charge in [0.05, 0.1) is 33.7 Å². The Labute approximate surface area is 195 Å². The average molecular weight is 481 g/mol. The summed E-state index contributed by atoms with van der Waals surface area (Å²) in [5.74, 6) is 2.35. The van der Waals surface area contributed by atoms with E-state index in [1.54, 1.807) is 25.2 Å². The van der Waals surface area contributed by atoms with Crippen LogP contribution in [0.4, 0.5) is 5.69 Å². The van der Waals surface area contributed by atoms with Crippen molar-refractivity contribution in [1.82, 2.24) is 14.9 Å². The Morgan fingerprint density at radius 1 is 1.12 bits per heavy atom. The van der Waals surface area contributed by atoms with E-state index in [0.29, 0.717) is 28.6 Å². The number of aromatic amines is 2. The van der Waals surface area contributed by atoms with Crippen molar-refractivity contribution in [2.45, 2.75) is 30.7 Å². The summed E-state index contributed by atoms with van der Waals surface area (Å²) in [6.07, 6.45) is 1.11. The molecule has 0 bridgehead atoms. The molecule has 0 spiro atoms. The van der Waals surface area contributed by atoms with E-state index in [9.17, 15) is 18.0 Å². The maximum absolute atomic E-state index is 13.2. The van der Waals surface area contributed by atoms with Crippen LogP contribution in [-0.2, 0) is 16.6 Å². The van der Waals surface area contributed by atoms with Crippen molar-refractivity contribution in [2.75, 3.05) is 11.8 Å². The molecule has 9 nitrogen and oxygen atoms in total. The van der Waals surface area contributed by atoms with Crippen LogP contribution in [0.3, 0.4) is 0 Å². The minimum absolute atomic E-state index is 0.0386. The first-order valence-electron chi connectivity index (χ1n) is 10.9. The lowest BCUT2D eigenvalue weighted by molar-refractivity contribution is 0.0776. The second-order valence-corrected chi connectivity index (χ2v) is 10.4. The van der Waals surface area contributed by atoms with Gasteiger partial charge in [0.25, 0.3) is 15.9 Å². The Morgan fingerprint density at radius 2 is 1.85 bits per heavy atom. The van der Waals surface area contributed by atoms with Crippen LogP contribution in [-0.4, -0.2) is 36.2 Å². The third-order valence-electron chi connectivity index (χ3n) is 6.10. The lowest BCUT2D eigenvalue weighted by Gasteiger charge is -2.18. The number of nitrogens with zero attached hydrogens (tertiary/aromatic N) is 1. The van der Waals surface area contributed by atoms with Gasteiger partial charge in [0.2, 0.25) is 0 Å². The van der Waals surface area contributed by atoms with Crippen molar-refractivity contribution < 1.29 is 17.6 Å². The molecule has 2 aromatic carbocycles. The first kappa shape index (κ1) is 22.0. The number of imidazole rings is 1. The van der Waals surface area contributed by atoms with Crippen LogP contribution in [0.2, 0.25) is 0 Å². The van der Waals surface area contributed by atoms with E-state index >= 15 is 0 Å². The van der Waals surface area contributed by atoms with Crippen molar-refractivity contribution >= 4 is 32.7 Å². The number of fused-ring (bicyclic) bond motifs is 1. The van der Waals surface area contributed by atoms with Crippen LogP contribution < -0.4 is 10.4 Å². The highest BCUT2D eigenvalue weighted by molar-refractivity contribution is 7.92. The number of rotatable bonds is 7. The van der Waals surface area contributed by atoms with Crippen molar-refractivity contribution in [3.63, 3.8) is 0 Å². The molecule has 34 heavy (non-hydrogen) atoms. The number of amides is 1.